The number of carboxylic acid groups (broad SMARTS) is 2. The lowest BCUT2D eigenvalue weighted by Gasteiger charge is -2.18. The van der Waals surface area contributed by atoms with E-state index < -0.39 is 41.1 Å². The number of carbonyl (C=O) groups is 3. The Labute approximate surface area is 105 Å². The van der Waals surface area contributed by atoms with Gasteiger partial charge >= 0.3 is 11.9 Å². The predicted octanol–water partition coefficient (Wildman–Crippen LogP) is 0.569. The molecule has 0 aromatic rings. The van der Waals surface area contributed by atoms with Gasteiger partial charge in [0.2, 0.25) is 5.91 Å². The third-order valence-electron chi connectivity index (χ3n) is 3.61. The van der Waals surface area contributed by atoms with Crippen LogP contribution in [0.15, 0.2) is 0 Å². The summed E-state index contributed by atoms with van der Waals surface area (Å²) in [5.74, 6) is -4.26. The molecule has 3 N–H and O–H groups in total. The lowest BCUT2D eigenvalue weighted by Crippen LogP contribution is -2.45. The minimum Gasteiger partial charge on any atom is -0.481 e. The second-order valence-corrected chi connectivity index (χ2v) is 5.68. The smallest absolute Gasteiger partial charge is 0.326 e. The van der Waals surface area contributed by atoms with Crippen molar-refractivity contribution in [2.45, 2.75) is 33.7 Å². The van der Waals surface area contributed by atoms with Gasteiger partial charge in [-0.2, -0.15) is 0 Å². The maximum absolute atomic E-state index is 11.9. The number of nitrogens with one attached hydrogen (secondary N) is 1. The Hall–Kier alpha value is -1.59. The van der Waals surface area contributed by atoms with Crippen LogP contribution in [0.3, 0.4) is 0 Å². The largest absolute Gasteiger partial charge is 0.481 e. The zero-order valence-electron chi connectivity index (χ0n) is 10.9. The molecular weight excluding hydrogens is 238 g/mol. The van der Waals surface area contributed by atoms with E-state index in [4.69, 9.17) is 10.2 Å². The molecule has 0 aromatic heterocycles. The topological polar surface area (TPSA) is 104 Å². The second kappa shape index (κ2) is 4.59. The standard InChI is InChI=1S/C12H19NO5/c1-5(2)8(11(17)18)13-9(14)6-7(10(15)16)12(6,3)4/h5-8H,1-4H3,(H,13,14)(H,15,16)(H,17,18)/t6-,7+,8?/m1/s1. The van der Waals surface area contributed by atoms with Crippen LogP contribution in [0.4, 0.5) is 0 Å². The fourth-order valence-corrected chi connectivity index (χ4v) is 2.34. The van der Waals surface area contributed by atoms with Crippen molar-refractivity contribution in [1.29, 1.82) is 0 Å². The van der Waals surface area contributed by atoms with Crippen molar-refractivity contribution in [1.82, 2.24) is 5.32 Å². The van der Waals surface area contributed by atoms with Gasteiger partial charge in [-0.3, -0.25) is 9.59 Å². The quantitative estimate of drug-likeness (QED) is 0.668. The highest BCUT2D eigenvalue weighted by molar-refractivity contribution is 5.93. The van der Waals surface area contributed by atoms with Crippen LogP contribution in [-0.2, 0) is 14.4 Å². The highest BCUT2D eigenvalue weighted by atomic mass is 16.4. The first-order chi connectivity index (χ1) is 8.10. The summed E-state index contributed by atoms with van der Waals surface area (Å²) in [7, 11) is 0. The molecule has 18 heavy (non-hydrogen) atoms. The summed E-state index contributed by atoms with van der Waals surface area (Å²) in [4.78, 5) is 33.8. The van der Waals surface area contributed by atoms with Crippen molar-refractivity contribution in [2.75, 3.05) is 0 Å². The van der Waals surface area contributed by atoms with E-state index in [2.05, 4.69) is 5.32 Å². The number of hydrogen-bond acceptors (Lipinski definition) is 3. The van der Waals surface area contributed by atoms with Gasteiger partial charge in [-0.05, 0) is 11.3 Å². The molecule has 1 saturated carbocycles. The number of hydrogen-bond donors (Lipinski definition) is 3. The average molecular weight is 257 g/mol. The minimum atomic E-state index is -1.11. The Morgan fingerprint density at radius 2 is 1.61 bits per heavy atom. The van der Waals surface area contributed by atoms with Gasteiger partial charge in [0.1, 0.15) is 6.04 Å². The molecule has 1 aliphatic rings. The Bertz CT molecular complexity index is 388. The lowest BCUT2D eigenvalue weighted by molar-refractivity contribution is -0.143. The summed E-state index contributed by atoms with van der Waals surface area (Å²) < 4.78 is 0. The summed E-state index contributed by atoms with van der Waals surface area (Å²) in [6.07, 6.45) is 0. The molecule has 0 aliphatic heterocycles. The van der Waals surface area contributed by atoms with Crippen molar-refractivity contribution in [3.05, 3.63) is 0 Å². The molecule has 1 fully saturated rings. The van der Waals surface area contributed by atoms with E-state index in [1.165, 1.54) is 0 Å². The van der Waals surface area contributed by atoms with Crippen molar-refractivity contribution in [3.63, 3.8) is 0 Å². The van der Waals surface area contributed by atoms with Crippen LogP contribution in [0.25, 0.3) is 0 Å². The first-order valence-corrected chi connectivity index (χ1v) is 5.86. The van der Waals surface area contributed by atoms with Crippen LogP contribution in [0.2, 0.25) is 0 Å². The lowest BCUT2D eigenvalue weighted by atomic mass is 10.0. The Morgan fingerprint density at radius 1 is 1.11 bits per heavy atom. The first kappa shape index (κ1) is 14.5. The van der Waals surface area contributed by atoms with Crippen LogP contribution in [-0.4, -0.2) is 34.1 Å². The van der Waals surface area contributed by atoms with Gasteiger partial charge in [0.25, 0.3) is 0 Å². The zero-order valence-corrected chi connectivity index (χ0v) is 10.9. The first-order valence-electron chi connectivity index (χ1n) is 5.86. The monoisotopic (exact) mass is 257 g/mol. The van der Waals surface area contributed by atoms with Crippen LogP contribution in [0, 0.1) is 23.2 Å². The van der Waals surface area contributed by atoms with Gasteiger partial charge in [-0.15, -0.1) is 0 Å². The molecule has 1 unspecified atom stereocenters. The Morgan fingerprint density at radius 3 is 1.89 bits per heavy atom. The molecule has 1 rings (SSSR count). The normalized spacial score (nSPS) is 26.5. The van der Waals surface area contributed by atoms with Crippen LogP contribution >= 0.6 is 0 Å². The average Bonchev–Trinajstić information content (AvgIpc) is 2.76. The molecule has 102 valence electrons. The van der Waals surface area contributed by atoms with Gasteiger partial charge in [0.05, 0.1) is 11.8 Å². The van der Waals surface area contributed by atoms with E-state index in [1.54, 1.807) is 27.7 Å². The molecule has 0 bridgehead atoms. The molecular formula is C12H19NO5. The van der Waals surface area contributed by atoms with Crippen molar-refractivity contribution >= 4 is 17.8 Å². The maximum atomic E-state index is 11.9. The van der Waals surface area contributed by atoms with Crippen LogP contribution < -0.4 is 5.32 Å². The van der Waals surface area contributed by atoms with Gasteiger partial charge in [0, 0.05) is 0 Å². The summed E-state index contributed by atoms with van der Waals surface area (Å²) in [6, 6.07) is -0.983. The summed E-state index contributed by atoms with van der Waals surface area (Å²) in [6.45, 7) is 6.76. The highest BCUT2D eigenvalue weighted by Gasteiger charge is 2.66. The van der Waals surface area contributed by atoms with E-state index in [0.717, 1.165) is 0 Å². The van der Waals surface area contributed by atoms with E-state index in [9.17, 15) is 14.4 Å². The number of carbonyl (C=O) groups excluding carboxylic acids is 1. The van der Waals surface area contributed by atoms with Crippen molar-refractivity contribution < 1.29 is 24.6 Å². The maximum Gasteiger partial charge on any atom is 0.326 e. The fraction of sp³-hybridized carbons (Fsp3) is 0.750. The van der Waals surface area contributed by atoms with Crippen molar-refractivity contribution in [2.24, 2.45) is 23.2 Å². The summed E-state index contributed by atoms with van der Waals surface area (Å²) >= 11 is 0. The minimum absolute atomic E-state index is 0.253. The van der Waals surface area contributed by atoms with Gasteiger partial charge in [-0.25, -0.2) is 4.79 Å². The van der Waals surface area contributed by atoms with E-state index >= 15 is 0 Å². The van der Waals surface area contributed by atoms with E-state index in [1.807, 2.05) is 0 Å². The third-order valence-corrected chi connectivity index (χ3v) is 3.61. The molecule has 1 amide bonds. The predicted molar refractivity (Wildman–Crippen MR) is 62.8 cm³/mol. The molecule has 3 atom stereocenters. The zero-order chi connectivity index (χ0) is 14.2. The highest BCUT2D eigenvalue weighted by Crippen LogP contribution is 2.58. The summed E-state index contributed by atoms with van der Waals surface area (Å²) in [5, 5.41) is 20.3. The molecule has 0 aromatic carbocycles. The van der Waals surface area contributed by atoms with Gasteiger partial charge in [0.15, 0.2) is 0 Å². The summed E-state index contributed by atoms with van der Waals surface area (Å²) in [5.41, 5.74) is -0.615. The Balaban J connectivity index is 2.73. The van der Waals surface area contributed by atoms with E-state index in [-0.39, 0.29) is 5.92 Å². The number of aliphatic carboxylic acids is 2. The van der Waals surface area contributed by atoms with Crippen molar-refractivity contribution in [3.8, 4) is 0 Å². The molecule has 1 aliphatic carbocycles. The van der Waals surface area contributed by atoms with Crippen LogP contribution in [0.5, 0.6) is 0 Å². The number of amides is 1. The number of rotatable bonds is 5. The molecule has 0 spiro atoms. The molecule has 6 nitrogen and oxygen atoms in total. The van der Waals surface area contributed by atoms with Gasteiger partial charge in [-0.1, -0.05) is 27.7 Å². The third kappa shape index (κ3) is 2.47. The van der Waals surface area contributed by atoms with Crippen LogP contribution in [0.1, 0.15) is 27.7 Å². The van der Waals surface area contributed by atoms with Gasteiger partial charge < -0.3 is 15.5 Å². The fourth-order valence-electron chi connectivity index (χ4n) is 2.34. The molecule has 0 radical (unpaired) electrons. The molecule has 0 heterocycles. The SMILES string of the molecule is CC(C)C(NC(=O)[C@H]1[C@@H](C(=O)O)C1(C)C)C(=O)O. The van der Waals surface area contributed by atoms with E-state index in [0.29, 0.717) is 0 Å². The molecule has 6 heteroatoms. The molecule has 0 saturated heterocycles. The Kier molecular flexibility index (Phi) is 3.69. The number of carboxylic acids is 2. The second-order valence-electron chi connectivity index (χ2n) is 5.68.